The number of carbonyl (C=O) groups excluding carboxylic acids is 1. The van der Waals surface area contributed by atoms with Gasteiger partial charge in [0.05, 0.1) is 23.7 Å². The van der Waals surface area contributed by atoms with Gasteiger partial charge in [0.15, 0.2) is 0 Å². The molecule has 1 heterocycles. The molecule has 2 rings (SSSR count). The molecule has 1 aromatic rings. The van der Waals surface area contributed by atoms with E-state index in [4.69, 9.17) is 10.5 Å². The SMILES string of the molecule is COc1cc([N+](=O)[O-])ccc1C(=O)N1CC(N)C1. The zero-order valence-corrected chi connectivity index (χ0v) is 9.83. The summed E-state index contributed by atoms with van der Waals surface area (Å²) < 4.78 is 5.02. The molecule has 18 heavy (non-hydrogen) atoms. The average Bonchev–Trinajstić information content (AvgIpc) is 2.33. The number of nitro benzene ring substituents is 1. The van der Waals surface area contributed by atoms with E-state index in [1.165, 1.54) is 25.3 Å². The number of nitrogens with two attached hydrogens (primary N) is 1. The number of nitro groups is 1. The lowest BCUT2D eigenvalue weighted by atomic mass is 10.1. The van der Waals surface area contributed by atoms with Gasteiger partial charge in [0, 0.05) is 25.2 Å². The fourth-order valence-electron chi connectivity index (χ4n) is 1.82. The van der Waals surface area contributed by atoms with Crippen molar-refractivity contribution in [3.8, 4) is 5.75 Å². The molecule has 0 radical (unpaired) electrons. The van der Waals surface area contributed by atoms with E-state index < -0.39 is 4.92 Å². The smallest absolute Gasteiger partial charge is 0.273 e. The van der Waals surface area contributed by atoms with E-state index in [9.17, 15) is 14.9 Å². The molecule has 1 aliphatic heterocycles. The monoisotopic (exact) mass is 251 g/mol. The molecule has 0 unspecified atom stereocenters. The van der Waals surface area contributed by atoms with Crippen LogP contribution >= 0.6 is 0 Å². The summed E-state index contributed by atoms with van der Waals surface area (Å²) in [5.41, 5.74) is 5.81. The van der Waals surface area contributed by atoms with Crippen molar-refractivity contribution in [3.63, 3.8) is 0 Å². The van der Waals surface area contributed by atoms with Crippen LogP contribution < -0.4 is 10.5 Å². The van der Waals surface area contributed by atoms with Crippen LogP contribution in [0.4, 0.5) is 5.69 Å². The molecule has 7 heteroatoms. The molecule has 1 saturated heterocycles. The Kier molecular flexibility index (Phi) is 3.15. The molecular weight excluding hydrogens is 238 g/mol. The van der Waals surface area contributed by atoms with Crippen molar-refractivity contribution in [2.24, 2.45) is 5.73 Å². The molecule has 0 aliphatic carbocycles. The summed E-state index contributed by atoms with van der Waals surface area (Å²) in [5, 5.41) is 10.6. The number of methoxy groups -OCH3 is 1. The Morgan fingerprint density at radius 1 is 1.56 bits per heavy atom. The number of benzene rings is 1. The summed E-state index contributed by atoms with van der Waals surface area (Å²) in [6.07, 6.45) is 0. The van der Waals surface area contributed by atoms with Crippen molar-refractivity contribution < 1.29 is 14.5 Å². The molecule has 1 amide bonds. The normalized spacial score (nSPS) is 15.1. The fourth-order valence-corrected chi connectivity index (χ4v) is 1.82. The summed E-state index contributed by atoms with van der Waals surface area (Å²) in [5.74, 6) is -0.0156. The van der Waals surface area contributed by atoms with E-state index in [0.29, 0.717) is 18.7 Å². The molecule has 2 N–H and O–H groups in total. The first-order valence-electron chi connectivity index (χ1n) is 5.40. The maximum Gasteiger partial charge on any atom is 0.273 e. The molecule has 0 aromatic heterocycles. The highest BCUT2D eigenvalue weighted by atomic mass is 16.6. The highest BCUT2D eigenvalue weighted by molar-refractivity contribution is 5.97. The van der Waals surface area contributed by atoms with Gasteiger partial charge in [-0.25, -0.2) is 0 Å². The third-order valence-electron chi connectivity index (χ3n) is 2.82. The van der Waals surface area contributed by atoms with Gasteiger partial charge in [-0.1, -0.05) is 0 Å². The maximum absolute atomic E-state index is 12.1. The van der Waals surface area contributed by atoms with Crippen LogP contribution in [0.25, 0.3) is 0 Å². The predicted octanol–water partition coefficient (Wildman–Crippen LogP) is 0.386. The molecular formula is C11H13N3O4. The number of carbonyl (C=O) groups is 1. The van der Waals surface area contributed by atoms with Crippen molar-refractivity contribution in [2.75, 3.05) is 20.2 Å². The van der Waals surface area contributed by atoms with Crippen LogP contribution in [-0.4, -0.2) is 42.0 Å². The first-order valence-corrected chi connectivity index (χ1v) is 5.40. The van der Waals surface area contributed by atoms with Gasteiger partial charge in [0.2, 0.25) is 0 Å². The van der Waals surface area contributed by atoms with Crippen molar-refractivity contribution in [3.05, 3.63) is 33.9 Å². The van der Waals surface area contributed by atoms with Gasteiger partial charge in [-0.2, -0.15) is 0 Å². The molecule has 0 saturated carbocycles. The Morgan fingerprint density at radius 3 is 2.72 bits per heavy atom. The van der Waals surface area contributed by atoms with Gasteiger partial charge >= 0.3 is 0 Å². The summed E-state index contributed by atoms with van der Waals surface area (Å²) >= 11 is 0. The van der Waals surface area contributed by atoms with Crippen LogP contribution in [0.3, 0.4) is 0 Å². The van der Waals surface area contributed by atoms with E-state index >= 15 is 0 Å². The van der Waals surface area contributed by atoms with Crippen molar-refractivity contribution in [2.45, 2.75) is 6.04 Å². The van der Waals surface area contributed by atoms with Crippen LogP contribution in [0.1, 0.15) is 10.4 Å². The molecule has 1 aliphatic rings. The number of hydrogen-bond acceptors (Lipinski definition) is 5. The Hall–Kier alpha value is -2.15. The molecule has 0 atom stereocenters. The molecule has 1 fully saturated rings. The van der Waals surface area contributed by atoms with E-state index in [-0.39, 0.29) is 23.4 Å². The minimum absolute atomic E-state index is 0.0120. The fraction of sp³-hybridized carbons (Fsp3) is 0.364. The second-order valence-electron chi connectivity index (χ2n) is 4.11. The second kappa shape index (κ2) is 4.61. The summed E-state index contributed by atoms with van der Waals surface area (Å²) in [7, 11) is 1.37. The number of rotatable bonds is 3. The maximum atomic E-state index is 12.1. The van der Waals surface area contributed by atoms with Gasteiger partial charge in [-0.15, -0.1) is 0 Å². The molecule has 0 spiro atoms. The van der Waals surface area contributed by atoms with Crippen molar-refractivity contribution >= 4 is 11.6 Å². The minimum atomic E-state index is -0.531. The van der Waals surface area contributed by atoms with Crippen LogP contribution in [-0.2, 0) is 0 Å². The largest absolute Gasteiger partial charge is 0.496 e. The van der Waals surface area contributed by atoms with E-state index in [2.05, 4.69) is 0 Å². The van der Waals surface area contributed by atoms with Gasteiger partial charge in [0.25, 0.3) is 11.6 Å². The summed E-state index contributed by atoms with van der Waals surface area (Å²) in [6, 6.07) is 3.95. The third-order valence-corrected chi connectivity index (χ3v) is 2.82. The molecule has 1 aromatic carbocycles. The third kappa shape index (κ3) is 2.12. The lowest BCUT2D eigenvalue weighted by Crippen LogP contribution is -2.57. The Bertz CT molecular complexity index is 497. The number of ether oxygens (including phenoxy) is 1. The topological polar surface area (TPSA) is 98.7 Å². The molecule has 7 nitrogen and oxygen atoms in total. The van der Waals surface area contributed by atoms with E-state index in [1.807, 2.05) is 0 Å². The van der Waals surface area contributed by atoms with Gasteiger partial charge < -0.3 is 15.4 Å². The average molecular weight is 251 g/mol. The number of amides is 1. The Labute approximate surface area is 103 Å². The molecule has 0 bridgehead atoms. The lowest BCUT2D eigenvalue weighted by Gasteiger charge is -2.37. The number of nitrogens with zero attached hydrogens (tertiary/aromatic N) is 2. The van der Waals surface area contributed by atoms with Crippen LogP contribution in [0.2, 0.25) is 0 Å². The van der Waals surface area contributed by atoms with Crippen molar-refractivity contribution in [1.82, 2.24) is 4.90 Å². The van der Waals surface area contributed by atoms with Crippen LogP contribution in [0.5, 0.6) is 5.75 Å². The predicted molar refractivity (Wildman–Crippen MR) is 63.5 cm³/mol. The first kappa shape index (κ1) is 12.3. The quantitative estimate of drug-likeness (QED) is 0.618. The number of non-ortho nitro benzene ring substituents is 1. The highest BCUT2D eigenvalue weighted by Crippen LogP contribution is 2.26. The van der Waals surface area contributed by atoms with E-state index in [0.717, 1.165) is 0 Å². The van der Waals surface area contributed by atoms with Gasteiger partial charge in [0.1, 0.15) is 5.75 Å². The zero-order valence-electron chi connectivity index (χ0n) is 9.83. The summed E-state index contributed by atoms with van der Waals surface area (Å²) in [6.45, 7) is 0.998. The number of likely N-dealkylation sites (tertiary alicyclic amines) is 1. The minimum Gasteiger partial charge on any atom is -0.496 e. The first-order chi connectivity index (χ1) is 8.52. The summed E-state index contributed by atoms with van der Waals surface area (Å²) in [4.78, 5) is 23.7. The highest BCUT2D eigenvalue weighted by Gasteiger charge is 2.30. The second-order valence-corrected chi connectivity index (χ2v) is 4.11. The van der Waals surface area contributed by atoms with Crippen molar-refractivity contribution in [1.29, 1.82) is 0 Å². The van der Waals surface area contributed by atoms with Gasteiger partial charge in [-0.05, 0) is 6.07 Å². The van der Waals surface area contributed by atoms with E-state index in [1.54, 1.807) is 4.90 Å². The van der Waals surface area contributed by atoms with Crippen LogP contribution in [0.15, 0.2) is 18.2 Å². The zero-order chi connectivity index (χ0) is 13.3. The standard InChI is InChI=1S/C11H13N3O4/c1-18-10-4-8(14(16)17)2-3-9(10)11(15)13-5-7(12)6-13/h2-4,7H,5-6,12H2,1H3. The Balaban J connectivity index is 2.27. The van der Waals surface area contributed by atoms with Gasteiger partial charge in [-0.3, -0.25) is 14.9 Å². The number of hydrogen-bond donors (Lipinski definition) is 1. The van der Waals surface area contributed by atoms with Crippen LogP contribution in [0, 0.1) is 10.1 Å². The molecule has 96 valence electrons. The Morgan fingerprint density at radius 2 is 2.22 bits per heavy atom. The lowest BCUT2D eigenvalue weighted by molar-refractivity contribution is -0.384.